The zero-order chi connectivity index (χ0) is 16.8. The van der Waals surface area contributed by atoms with Crippen LogP contribution < -0.4 is 21.1 Å². The maximum atomic E-state index is 11.2. The predicted molar refractivity (Wildman–Crippen MR) is 85.7 cm³/mol. The van der Waals surface area contributed by atoms with E-state index in [1.165, 1.54) is 6.92 Å². The summed E-state index contributed by atoms with van der Waals surface area (Å²) >= 11 is 0. The van der Waals surface area contributed by atoms with Gasteiger partial charge in [-0.05, 0) is 19.1 Å². The molecule has 0 radical (unpaired) electrons. The fourth-order valence-corrected chi connectivity index (χ4v) is 2.01. The number of nitrogens with two attached hydrogens (primary N) is 1. The van der Waals surface area contributed by atoms with Gasteiger partial charge in [0.25, 0.3) is 0 Å². The number of carbonyl (C=O) groups is 2. The molecule has 0 aliphatic rings. The third-order valence-electron chi connectivity index (χ3n) is 3.04. The molecule has 0 unspecified atom stereocenters. The van der Waals surface area contributed by atoms with E-state index in [1.807, 2.05) is 30.3 Å². The number of ether oxygens (including phenoxy) is 1. The molecule has 1 aromatic heterocycles. The normalized spacial score (nSPS) is 10.2. The molecule has 2 rings (SSSR count). The van der Waals surface area contributed by atoms with Gasteiger partial charge in [-0.2, -0.15) is 0 Å². The number of carbonyl (C=O) groups excluding carboxylic acids is 2. The molecule has 0 atom stereocenters. The van der Waals surface area contributed by atoms with E-state index in [2.05, 4.69) is 15.7 Å². The number of aromatic nitrogens is 2. The molecule has 1 heterocycles. The van der Waals surface area contributed by atoms with Gasteiger partial charge in [0.1, 0.15) is 12.4 Å². The zero-order valence-electron chi connectivity index (χ0n) is 13.0. The molecule has 0 bridgehead atoms. The highest BCUT2D eigenvalue weighted by molar-refractivity contribution is 5.88. The van der Waals surface area contributed by atoms with Crippen LogP contribution in [0.2, 0.25) is 0 Å². The number of nitrogens with zero attached hydrogens (tertiary/aromatic N) is 2. The average Bonchev–Trinajstić information content (AvgIpc) is 2.81. The molecule has 3 amide bonds. The summed E-state index contributed by atoms with van der Waals surface area (Å²) in [5, 5.41) is 9.55. The lowest BCUT2D eigenvalue weighted by molar-refractivity contribution is -0.119. The SMILES string of the molecule is CC(=O)NCCOc1nn(-c2ccccc2)c(NC(N)=O)c1C. The summed E-state index contributed by atoms with van der Waals surface area (Å²) in [5.41, 5.74) is 6.63. The Labute approximate surface area is 133 Å². The van der Waals surface area contributed by atoms with E-state index < -0.39 is 6.03 Å². The fourth-order valence-electron chi connectivity index (χ4n) is 2.01. The van der Waals surface area contributed by atoms with Gasteiger partial charge >= 0.3 is 6.03 Å². The minimum Gasteiger partial charge on any atom is -0.474 e. The van der Waals surface area contributed by atoms with Crippen LogP contribution in [-0.4, -0.2) is 34.9 Å². The molecule has 8 heteroatoms. The number of primary amides is 1. The lowest BCUT2D eigenvalue weighted by atomic mass is 10.3. The third-order valence-corrected chi connectivity index (χ3v) is 3.04. The number of urea groups is 1. The van der Waals surface area contributed by atoms with Gasteiger partial charge in [-0.1, -0.05) is 18.2 Å². The van der Waals surface area contributed by atoms with Crippen LogP contribution in [0.15, 0.2) is 30.3 Å². The number of benzene rings is 1. The molecule has 0 saturated carbocycles. The highest BCUT2D eigenvalue weighted by Crippen LogP contribution is 2.28. The van der Waals surface area contributed by atoms with Gasteiger partial charge in [-0.3, -0.25) is 10.1 Å². The standard InChI is InChI=1S/C15H19N5O3/c1-10-13(18-15(16)22)20(12-6-4-3-5-7-12)19-14(10)23-9-8-17-11(2)21/h3-7H,8-9H2,1-2H3,(H,17,21)(H3,16,18,22). The summed E-state index contributed by atoms with van der Waals surface area (Å²) in [6.45, 7) is 3.84. The number of anilines is 1. The minimum absolute atomic E-state index is 0.128. The number of nitrogens with one attached hydrogen (secondary N) is 2. The van der Waals surface area contributed by atoms with Gasteiger partial charge in [-0.25, -0.2) is 9.48 Å². The summed E-state index contributed by atoms with van der Waals surface area (Å²) in [6, 6.07) is 8.61. The Morgan fingerprint density at radius 1 is 1.30 bits per heavy atom. The van der Waals surface area contributed by atoms with E-state index in [9.17, 15) is 9.59 Å². The van der Waals surface area contributed by atoms with Crippen LogP contribution in [-0.2, 0) is 4.79 Å². The van der Waals surface area contributed by atoms with Gasteiger partial charge in [0.15, 0.2) is 0 Å². The quantitative estimate of drug-likeness (QED) is 0.695. The molecule has 0 fully saturated rings. The Kier molecular flexibility index (Phi) is 5.19. The lowest BCUT2D eigenvalue weighted by Gasteiger charge is -2.07. The first-order valence-electron chi connectivity index (χ1n) is 7.07. The molecule has 1 aromatic carbocycles. The van der Waals surface area contributed by atoms with Gasteiger partial charge < -0.3 is 15.8 Å². The van der Waals surface area contributed by atoms with Crippen LogP contribution in [0.4, 0.5) is 10.6 Å². The Balaban J connectivity index is 2.25. The maximum Gasteiger partial charge on any atom is 0.317 e. The van der Waals surface area contributed by atoms with Crippen molar-refractivity contribution in [3.8, 4) is 11.6 Å². The topological polar surface area (TPSA) is 111 Å². The average molecular weight is 317 g/mol. The molecule has 2 aromatic rings. The monoisotopic (exact) mass is 317 g/mol. The second-order valence-electron chi connectivity index (χ2n) is 4.85. The first-order valence-corrected chi connectivity index (χ1v) is 7.07. The van der Waals surface area contributed by atoms with Crippen molar-refractivity contribution >= 4 is 17.8 Å². The Morgan fingerprint density at radius 3 is 2.61 bits per heavy atom. The van der Waals surface area contributed by atoms with Crippen molar-refractivity contribution in [3.05, 3.63) is 35.9 Å². The zero-order valence-corrected chi connectivity index (χ0v) is 13.0. The first-order chi connectivity index (χ1) is 11.0. The molecule has 0 aliphatic heterocycles. The number of amides is 3. The van der Waals surface area contributed by atoms with Crippen LogP contribution in [0, 0.1) is 6.92 Å². The Hall–Kier alpha value is -3.03. The van der Waals surface area contributed by atoms with Crippen molar-refractivity contribution < 1.29 is 14.3 Å². The van der Waals surface area contributed by atoms with E-state index in [0.29, 0.717) is 23.8 Å². The molecule has 8 nitrogen and oxygen atoms in total. The van der Waals surface area contributed by atoms with Crippen molar-refractivity contribution in [3.63, 3.8) is 0 Å². The Morgan fingerprint density at radius 2 is 2.00 bits per heavy atom. The van der Waals surface area contributed by atoms with E-state index in [0.717, 1.165) is 5.69 Å². The van der Waals surface area contributed by atoms with Crippen molar-refractivity contribution in [2.45, 2.75) is 13.8 Å². The van der Waals surface area contributed by atoms with Gasteiger partial charge in [0.05, 0.1) is 17.8 Å². The van der Waals surface area contributed by atoms with Gasteiger partial charge in [-0.15, -0.1) is 5.10 Å². The van der Waals surface area contributed by atoms with Crippen LogP contribution in [0.25, 0.3) is 5.69 Å². The summed E-state index contributed by atoms with van der Waals surface area (Å²) in [4.78, 5) is 22.1. The van der Waals surface area contributed by atoms with Crippen molar-refractivity contribution in [1.82, 2.24) is 15.1 Å². The molecule has 0 saturated heterocycles. The minimum atomic E-state index is -0.685. The molecule has 23 heavy (non-hydrogen) atoms. The largest absolute Gasteiger partial charge is 0.474 e. The number of para-hydroxylation sites is 1. The van der Waals surface area contributed by atoms with Gasteiger partial charge in [0.2, 0.25) is 11.8 Å². The fraction of sp³-hybridized carbons (Fsp3) is 0.267. The smallest absolute Gasteiger partial charge is 0.317 e. The maximum absolute atomic E-state index is 11.2. The van der Waals surface area contributed by atoms with Crippen LogP contribution in [0.1, 0.15) is 12.5 Å². The molecule has 0 spiro atoms. The second kappa shape index (κ2) is 7.30. The summed E-state index contributed by atoms with van der Waals surface area (Å²) in [7, 11) is 0. The highest BCUT2D eigenvalue weighted by atomic mass is 16.5. The van der Waals surface area contributed by atoms with Crippen molar-refractivity contribution in [2.24, 2.45) is 5.73 Å². The van der Waals surface area contributed by atoms with Crippen LogP contribution in [0.3, 0.4) is 0 Å². The molecule has 4 N–H and O–H groups in total. The molecule has 122 valence electrons. The van der Waals surface area contributed by atoms with E-state index in [-0.39, 0.29) is 12.5 Å². The van der Waals surface area contributed by atoms with Crippen molar-refractivity contribution in [2.75, 3.05) is 18.5 Å². The van der Waals surface area contributed by atoms with Crippen LogP contribution in [0.5, 0.6) is 5.88 Å². The van der Waals surface area contributed by atoms with E-state index in [4.69, 9.17) is 10.5 Å². The summed E-state index contributed by atoms with van der Waals surface area (Å²) in [6.07, 6.45) is 0. The summed E-state index contributed by atoms with van der Waals surface area (Å²) < 4.78 is 7.12. The summed E-state index contributed by atoms with van der Waals surface area (Å²) in [5.74, 6) is 0.678. The number of rotatable bonds is 6. The molecular formula is C15H19N5O3. The first kappa shape index (κ1) is 16.3. The van der Waals surface area contributed by atoms with E-state index >= 15 is 0 Å². The van der Waals surface area contributed by atoms with Gasteiger partial charge in [0, 0.05) is 6.92 Å². The van der Waals surface area contributed by atoms with Crippen molar-refractivity contribution in [1.29, 1.82) is 0 Å². The predicted octanol–water partition coefficient (Wildman–Crippen LogP) is 1.19. The van der Waals surface area contributed by atoms with E-state index in [1.54, 1.807) is 11.6 Å². The second-order valence-corrected chi connectivity index (χ2v) is 4.85. The highest BCUT2D eigenvalue weighted by Gasteiger charge is 2.18. The Bertz CT molecular complexity index is 697. The third kappa shape index (κ3) is 4.22. The number of hydrogen-bond donors (Lipinski definition) is 3. The molecular weight excluding hydrogens is 298 g/mol. The lowest BCUT2D eigenvalue weighted by Crippen LogP contribution is -2.25. The molecule has 0 aliphatic carbocycles. The van der Waals surface area contributed by atoms with Crippen LogP contribution >= 0.6 is 0 Å². The number of hydrogen-bond acceptors (Lipinski definition) is 4.